The van der Waals surface area contributed by atoms with Gasteiger partial charge >= 0.3 is 0 Å². The zero-order valence-electron chi connectivity index (χ0n) is 10.9. The Labute approximate surface area is 123 Å². The lowest BCUT2D eigenvalue weighted by molar-refractivity contribution is -0.385. The third-order valence-corrected chi connectivity index (χ3v) is 3.34. The van der Waals surface area contributed by atoms with Crippen molar-refractivity contribution in [2.45, 2.75) is 6.54 Å². The Balaban J connectivity index is 2.27. The molecule has 0 aliphatic carbocycles. The summed E-state index contributed by atoms with van der Waals surface area (Å²) in [6, 6.07) is 1.84. The molecule has 2 N–H and O–H groups in total. The molecule has 0 bridgehead atoms. The van der Waals surface area contributed by atoms with Crippen LogP contribution in [0.3, 0.4) is 0 Å². The molecule has 1 heterocycles. The van der Waals surface area contributed by atoms with Gasteiger partial charge in [-0.05, 0) is 6.07 Å². The van der Waals surface area contributed by atoms with Gasteiger partial charge in [-0.25, -0.2) is 9.37 Å². The van der Waals surface area contributed by atoms with Crippen molar-refractivity contribution < 1.29 is 14.1 Å². The van der Waals surface area contributed by atoms with Crippen LogP contribution in [0.2, 0.25) is 0 Å². The highest BCUT2D eigenvalue weighted by Crippen LogP contribution is 2.26. The average molecular weight is 310 g/mol. The summed E-state index contributed by atoms with van der Waals surface area (Å²) in [4.78, 5) is 26.2. The number of anilines is 1. The molecule has 1 aromatic heterocycles. The molecule has 2 rings (SSSR count). The molecule has 21 heavy (non-hydrogen) atoms. The number of aromatic nitrogens is 1. The fraction of sp³-hybridized carbons (Fsp3) is 0.167. The van der Waals surface area contributed by atoms with Crippen LogP contribution in [-0.2, 0) is 6.54 Å². The van der Waals surface area contributed by atoms with Crippen molar-refractivity contribution >= 4 is 28.6 Å². The lowest BCUT2D eigenvalue weighted by atomic mass is 10.1. The van der Waals surface area contributed by atoms with Crippen LogP contribution in [-0.4, -0.2) is 22.9 Å². The fourth-order valence-electron chi connectivity index (χ4n) is 1.68. The second kappa shape index (κ2) is 6.27. The number of nitro benzene ring substituents is 1. The van der Waals surface area contributed by atoms with Crippen molar-refractivity contribution in [3.8, 4) is 0 Å². The van der Waals surface area contributed by atoms with Gasteiger partial charge in [-0.1, -0.05) is 0 Å². The van der Waals surface area contributed by atoms with Crippen molar-refractivity contribution in [3.05, 3.63) is 50.2 Å². The maximum Gasteiger partial charge on any atom is 0.285 e. The molecule has 0 radical (unpaired) electrons. The maximum absolute atomic E-state index is 13.6. The van der Waals surface area contributed by atoms with Gasteiger partial charge in [0.15, 0.2) is 5.82 Å². The first-order valence-corrected chi connectivity index (χ1v) is 6.78. The Hall–Kier alpha value is -2.55. The highest BCUT2D eigenvalue weighted by atomic mass is 32.1. The van der Waals surface area contributed by atoms with Gasteiger partial charge in [-0.3, -0.25) is 14.9 Å². The summed E-state index contributed by atoms with van der Waals surface area (Å²) in [7, 11) is 1.46. The molecule has 0 aliphatic rings. The molecule has 0 unspecified atom stereocenters. The molecule has 2 aromatic rings. The minimum atomic E-state index is -0.791. The van der Waals surface area contributed by atoms with E-state index in [1.165, 1.54) is 18.4 Å². The highest BCUT2D eigenvalue weighted by molar-refractivity contribution is 7.07. The molecule has 0 atom stereocenters. The molecule has 0 saturated carbocycles. The van der Waals surface area contributed by atoms with Crippen LogP contribution in [0.1, 0.15) is 16.1 Å². The number of carbonyl (C=O) groups excluding carboxylic acids is 1. The van der Waals surface area contributed by atoms with Crippen molar-refractivity contribution in [1.29, 1.82) is 0 Å². The van der Waals surface area contributed by atoms with Gasteiger partial charge in [0.25, 0.3) is 11.6 Å². The van der Waals surface area contributed by atoms with Crippen molar-refractivity contribution in [2.24, 2.45) is 0 Å². The molecule has 0 aliphatic heterocycles. The SMILES string of the molecule is CNc1cc(C(=O)NCc2cscn2)c([N+](=O)[O-])cc1F. The maximum atomic E-state index is 13.6. The monoisotopic (exact) mass is 310 g/mol. The normalized spacial score (nSPS) is 10.2. The van der Waals surface area contributed by atoms with Gasteiger partial charge in [-0.2, -0.15) is 0 Å². The topological polar surface area (TPSA) is 97.2 Å². The number of halogens is 1. The molecular weight excluding hydrogens is 299 g/mol. The molecule has 0 spiro atoms. The van der Waals surface area contributed by atoms with Gasteiger partial charge in [0.2, 0.25) is 0 Å². The number of benzene rings is 1. The van der Waals surface area contributed by atoms with Crippen LogP contribution in [0.25, 0.3) is 0 Å². The quantitative estimate of drug-likeness (QED) is 0.651. The number of amides is 1. The number of thiazole rings is 1. The minimum absolute atomic E-state index is 0.0133. The number of rotatable bonds is 5. The van der Waals surface area contributed by atoms with Gasteiger partial charge in [0, 0.05) is 12.4 Å². The van der Waals surface area contributed by atoms with Crippen LogP contribution < -0.4 is 10.6 Å². The Morgan fingerprint density at radius 3 is 2.86 bits per heavy atom. The van der Waals surface area contributed by atoms with Crippen LogP contribution in [0, 0.1) is 15.9 Å². The number of carbonyl (C=O) groups is 1. The summed E-state index contributed by atoms with van der Waals surface area (Å²) in [5, 5.41) is 17.7. The Bertz CT molecular complexity index is 675. The summed E-state index contributed by atoms with van der Waals surface area (Å²) in [5.74, 6) is -1.45. The molecule has 9 heteroatoms. The van der Waals surface area contributed by atoms with E-state index in [0.29, 0.717) is 5.69 Å². The smallest absolute Gasteiger partial charge is 0.285 e. The zero-order valence-corrected chi connectivity index (χ0v) is 11.7. The predicted octanol–water partition coefficient (Wildman–Crippen LogP) is 2.16. The first-order chi connectivity index (χ1) is 10.0. The second-order valence-electron chi connectivity index (χ2n) is 4.02. The predicted molar refractivity (Wildman–Crippen MR) is 75.9 cm³/mol. The van der Waals surface area contributed by atoms with Gasteiger partial charge in [0.1, 0.15) is 5.56 Å². The molecule has 110 valence electrons. The van der Waals surface area contributed by atoms with Crippen molar-refractivity contribution in [1.82, 2.24) is 10.3 Å². The summed E-state index contributed by atoms with van der Waals surface area (Å²) in [6.45, 7) is 0.145. The van der Waals surface area contributed by atoms with Gasteiger partial charge in [-0.15, -0.1) is 11.3 Å². The summed E-state index contributed by atoms with van der Waals surface area (Å²) >= 11 is 1.37. The molecule has 7 nitrogen and oxygen atoms in total. The van der Waals surface area contributed by atoms with E-state index in [-0.39, 0.29) is 17.8 Å². The standard InChI is InChI=1S/C12H11FN4O3S/c1-14-10-2-8(11(17(19)20)3-9(10)13)12(18)15-4-7-5-21-6-16-7/h2-3,5-6,14H,4H2,1H3,(H,15,18). The number of nitrogens with zero attached hydrogens (tertiary/aromatic N) is 2. The van der Waals surface area contributed by atoms with E-state index in [0.717, 1.165) is 12.1 Å². The third kappa shape index (κ3) is 3.31. The van der Waals surface area contributed by atoms with E-state index in [2.05, 4.69) is 15.6 Å². The zero-order chi connectivity index (χ0) is 15.4. The largest absolute Gasteiger partial charge is 0.386 e. The van der Waals surface area contributed by atoms with E-state index in [4.69, 9.17) is 0 Å². The number of nitrogens with one attached hydrogen (secondary N) is 2. The van der Waals surface area contributed by atoms with Crippen LogP contribution >= 0.6 is 11.3 Å². The molecule has 0 fully saturated rings. The van der Waals surface area contributed by atoms with E-state index < -0.39 is 22.3 Å². The summed E-state index contributed by atoms with van der Waals surface area (Å²) in [6.07, 6.45) is 0. The van der Waals surface area contributed by atoms with E-state index in [1.54, 1.807) is 10.9 Å². The van der Waals surface area contributed by atoms with Gasteiger partial charge in [0.05, 0.1) is 34.4 Å². The third-order valence-electron chi connectivity index (χ3n) is 2.71. The van der Waals surface area contributed by atoms with Crippen LogP contribution in [0.15, 0.2) is 23.0 Å². The molecule has 0 saturated heterocycles. The summed E-state index contributed by atoms with van der Waals surface area (Å²) < 4.78 is 13.6. The van der Waals surface area contributed by atoms with Crippen LogP contribution in [0.4, 0.5) is 15.8 Å². The molecule has 1 aromatic carbocycles. The lowest BCUT2D eigenvalue weighted by Crippen LogP contribution is -2.24. The van der Waals surface area contributed by atoms with Crippen molar-refractivity contribution in [3.63, 3.8) is 0 Å². The lowest BCUT2D eigenvalue weighted by Gasteiger charge is -2.08. The minimum Gasteiger partial charge on any atom is -0.386 e. The number of hydrogen-bond donors (Lipinski definition) is 2. The number of hydrogen-bond acceptors (Lipinski definition) is 6. The van der Waals surface area contributed by atoms with E-state index in [1.807, 2.05) is 0 Å². The first kappa shape index (κ1) is 14.9. The second-order valence-corrected chi connectivity index (χ2v) is 4.74. The molecular formula is C12H11FN4O3S. The summed E-state index contributed by atoms with van der Waals surface area (Å²) in [5.41, 5.74) is 1.48. The Kier molecular flexibility index (Phi) is 4.43. The van der Waals surface area contributed by atoms with Gasteiger partial charge < -0.3 is 10.6 Å². The molecule has 1 amide bonds. The van der Waals surface area contributed by atoms with E-state index in [9.17, 15) is 19.3 Å². The Morgan fingerprint density at radius 1 is 1.52 bits per heavy atom. The first-order valence-electron chi connectivity index (χ1n) is 5.84. The average Bonchev–Trinajstić information content (AvgIpc) is 2.97. The highest BCUT2D eigenvalue weighted by Gasteiger charge is 2.23. The van der Waals surface area contributed by atoms with Crippen molar-refractivity contribution in [2.75, 3.05) is 12.4 Å². The fourth-order valence-corrected chi connectivity index (χ4v) is 2.24. The number of nitro groups is 1. The van der Waals surface area contributed by atoms with Crippen LogP contribution in [0.5, 0.6) is 0 Å². The van der Waals surface area contributed by atoms with E-state index >= 15 is 0 Å². The Morgan fingerprint density at radius 2 is 2.29 bits per heavy atom.